The van der Waals surface area contributed by atoms with Crippen molar-refractivity contribution >= 4 is 76.3 Å². The van der Waals surface area contributed by atoms with Gasteiger partial charge in [-0.15, -0.1) is 16.4 Å². The summed E-state index contributed by atoms with van der Waals surface area (Å²) in [7, 11) is 6.12. The van der Waals surface area contributed by atoms with Gasteiger partial charge in [0.15, 0.2) is 0 Å². The number of fused-ring (bicyclic) bond motifs is 1. The number of hydrogen-bond acceptors (Lipinski definition) is 16. The molecule has 10 amide bonds. The molecule has 2 aliphatic rings. The number of ether oxygens (including phenoxy) is 3. The molecule has 2 aliphatic heterocycles. The number of carbonyl (C=O) groups excluding carboxylic acids is 10. The van der Waals surface area contributed by atoms with Crippen molar-refractivity contribution in [2.45, 2.75) is 155 Å². The van der Waals surface area contributed by atoms with Gasteiger partial charge in [0.1, 0.15) is 23.7 Å². The molecule has 92 heavy (non-hydrogen) atoms. The van der Waals surface area contributed by atoms with Crippen LogP contribution in [0.4, 0.5) is 10.5 Å². The molecule has 1 saturated heterocycles. The quantitative estimate of drug-likeness (QED) is 0.0232. The van der Waals surface area contributed by atoms with Gasteiger partial charge in [0.05, 0.1) is 73.5 Å². The summed E-state index contributed by atoms with van der Waals surface area (Å²) in [6.45, 7) is 12.4. The fraction of sp³-hybridized carbons (Fsp3) is 0.537. The largest absolute Gasteiger partial charge is 0.445 e. The Balaban J connectivity index is 0.923. The average molecular weight is 1290 g/mol. The molecule has 5 N–H and O–H groups in total. The first-order chi connectivity index (χ1) is 44.0. The van der Waals surface area contributed by atoms with Gasteiger partial charge < -0.3 is 50.6 Å². The smallest absolute Gasteiger partial charge is 0.410 e. The minimum Gasteiger partial charge on any atom is -0.445 e. The number of hydrogen-bond donors (Lipinski definition) is 5. The standard InChI is InChI=1S/C67H92N10O14S/c1-12-43(6)59(52(88-10)37-55(80)76-33-21-26-51(76)60(89-11)44(7)61(82)72-50(64-68-32-35-92-64)36-45-22-15-13-16-23-45)74(8)56(81)39-70-63(84)58(42(4)5)75(9)67(87)90-40-46-28-30-47(31-29-46)71-54(79)38-69-62(83)57(41(2)3)73-53(78)27-17-14-20-34-91-77-65(85)48-24-18-19-25-49(48)66(77)86/h13,15-16,18-19,22-25,28-32,35,41-44,50-52,57-60H,12,14,17,20-21,26-27,33-34,36-40H2,1-11H3,(H,69,83)(H,70,84)(H,71,79)(H,72,82)(H,73,78)/t43-,44+,50-,51-,52+,57-,58-,59?,60+/m0/s1. The zero-order chi connectivity index (χ0) is 67.2. The molecule has 500 valence electrons. The lowest BCUT2D eigenvalue weighted by Gasteiger charge is -2.39. The van der Waals surface area contributed by atoms with Crippen LogP contribution in [-0.4, -0.2) is 175 Å². The third-order valence-electron chi connectivity index (χ3n) is 17.0. The maximum absolute atomic E-state index is 14.4. The number of amides is 10. The first-order valence-corrected chi connectivity index (χ1v) is 32.5. The third kappa shape index (κ3) is 19.9. The Bertz CT molecular complexity index is 3100. The van der Waals surface area contributed by atoms with Gasteiger partial charge >= 0.3 is 6.09 Å². The number of nitrogens with one attached hydrogen (secondary N) is 5. The lowest BCUT2D eigenvalue weighted by molar-refractivity contribution is -0.146. The SMILES string of the molecule is CC[C@H](C)C([C@@H](CC(=O)N1CCC[C@H]1[C@H](OC)[C@@H](C)C(=O)N[C@@H](Cc1ccccc1)c1nccs1)OC)N(C)C(=O)CNC(=O)[C@H](C(C)C)N(C)C(=O)OCc1ccc(NC(=O)CNC(=O)[C@@H](NC(=O)CCCCCON2C(=O)c3ccccc3C2=O)C(C)C)cc1. The van der Waals surface area contributed by atoms with Crippen LogP contribution in [0.1, 0.15) is 143 Å². The molecule has 6 rings (SSSR count). The van der Waals surface area contributed by atoms with Crippen molar-refractivity contribution < 1.29 is 67.0 Å². The van der Waals surface area contributed by atoms with Crippen molar-refractivity contribution in [1.82, 2.24) is 46.0 Å². The maximum atomic E-state index is 14.4. The minimum atomic E-state index is -1.03. The Labute approximate surface area is 543 Å². The lowest BCUT2D eigenvalue weighted by atomic mass is 9.90. The number of rotatable bonds is 35. The summed E-state index contributed by atoms with van der Waals surface area (Å²) in [6, 6.07) is 19.6. The molecule has 25 heteroatoms. The second-order valence-corrected chi connectivity index (χ2v) is 25.1. The van der Waals surface area contributed by atoms with Gasteiger partial charge in [0.2, 0.25) is 41.4 Å². The highest BCUT2D eigenvalue weighted by Crippen LogP contribution is 2.31. The van der Waals surface area contributed by atoms with Crippen molar-refractivity contribution in [3.05, 3.63) is 118 Å². The predicted molar refractivity (Wildman–Crippen MR) is 345 cm³/mol. The highest BCUT2D eigenvalue weighted by atomic mass is 32.1. The number of anilines is 1. The Morgan fingerprint density at radius 1 is 0.728 bits per heavy atom. The summed E-state index contributed by atoms with van der Waals surface area (Å²) >= 11 is 1.47. The molecule has 1 unspecified atom stereocenters. The summed E-state index contributed by atoms with van der Waals surface area (Å²) in [4.78, 5) is 148. The van der Waals surface area contributed by atoms with E-state index >= 15 is 0 Å². The topological polar surface area (TPSA) is 294 Å². The van der Waals surface area contributed by atoms with Crippen molar-refractivity contribution in [1.29, 1.82) is 0 Å². The highest BCUT2D eigenvalue weighted by Gasteiger charge is 2.43. The molecule has 1 aromatic heterocycles. The molecule has 9 atom stereocenters. The number of likely N-dealkylation sites (tertiary alicyclic amines) is 1. The van der Waals surface area contributed by atoms with E-state index < -0.39 is 96.3 Å². The van der Waals surface area contributed by atoms with Crippen molar-refractivity contribution in [3.8, 4) is 0 Å². The Morgan fingerprint density at radius 3 is 2.00 bits per heavy atom. The van der Waals surface area contributed by atoms with Gasteiger partial charge in [-0.25, -0.2) is 9.78 Å². The van der Waals surface area contributed by atoms with Crippen molar-refractivity contribution in [3.63, 3.8) is 0 Å². The molecule has 0 saturated carbocycles. The Kier molecular flexibility index (Phi) is 28.2. The number of hydroxylamine groups is 2. The van der Waals surface area contributed by atoms with E-state index in [2.05, 4.69) is 31.6 Å². The van der Waals surface area contributed by atoms with E-state index in [1.807, 2.05) is 56.5 Å². The lowest BCUT2D eigenvalue weighted by Crippen LogP contribution is -2.55. The van der Waals surface area contributed by atoms with Gasteiger partial charge in [-0.3, -0.25) is 52.9 Å². The Morgan fingerprint density at radius 2 is 1.39 bits per heavy atom. The highest BCUT2D eigenvalue weighted by molar-refractivity contribution is 7.09. The number of methoxy groups -OCH3 is 2. The van der Waals surface area contributed by atoms with Crippen LogP contribution in [-0.2, 0) is 65.6 Å². The molecular weight excluding hydrogens is 1200 g/mol. The van der Waals surface area contributed by atoms with Crippen molar-refractivity contribution in [2.75, 3.05) is 59.9 Å². The van der Waals surface area contributed by atoms with Crippen LogP contribution in [0.5, 0.6) is 0 Å². The normalized spacial score (nSPS) is 16.3. The molecule has 0 aliphatic carbocycles. The second-order valence-electron chi connectivity index (χ2n) is 24.2. The van der Waals surface area contributed by atoms with E-state index in [4.69, 9.17) is 19.0 Å². The van der Waals surface area contributed by atoms with E-state index in [1.165, 1.54) is 35.3 Å². The second kappa shape index (κ2) is 35.6. The molecule has 24 nitrogen and oxygen atoms in total. The van der Waals surface area contributed by atoms with E-state index in [9.17, 15) is 47.9 Å². The third-order valence-corrected chi connectivity index (χ3v) is 17.9. The van der Waals surface area contributed by atoms with Gasteiger partial charge in [-0.2, -0.15) is 0 Å². The monoisotopic (exact) mass is 1290 g/mol. The average Bonchev–Trinajstić information content (AvgIpc) is 1.66. The molecular formula is C67H92N10O14S. The molecule has 1 fully saturated rings. The fourth-order valence-electron chi connectivity index (χ4n) is 11.7. The van der Waals surface area contributed by atoms with E-state index in [0.29, 0.717) is 62.7 Å². The zero-order valence-corrected chi connectivity index (χ0v) is 55.6. The zero-order valence-electron chi connectivity index (χ0n) is 54.8. The number of likely N-dealkylation sites (N-methyl/N-ethyl adjacent to an activating group) is 2. The van der Waals surface area contributed by atoms with Crippen molar-refractivity contribution in [2.24, 2.45) is 23.7 Å². The molecule has 0 spiro atoms. The first kappa shape index (κ1) is 72.9. The number of imide groups is 1. The van der Waals surface area contributed by atoms with Gasteiger partial charge in [0, 0.05) is 58.5 Å². The summed E-state index contributed by atoms with van der Waals surface area (Å²) in [6.07, 6.45) is 3.69. The van der Waals surface area contributed by atoms with Crippen LogP contribution in [0.3, 0.4) is 0 Å². The number of thiazole rings is 1. The van der Waals surface area contributed by atoms with Crippen LogP contribution in [0, 0.1) is 23.7 Å². The van der Waals surface area contributed by atoms with Crippen LogP contribution in [0.2, 0.25) is 0 Å². The summed E-state index contributed by atoms with van der Waals surface area (Å²) in [5.41, 5.74) is 2.59. The number of carbonyl (C=O) groups is 10. The van der Waals surface area contributed by atoms with Gasteiger partial charge in [-0.1, -0.05) is 116 Å². The van der Waals surface area contributed by atoms with Gasteiger partial charge in [-0.05, 0) is 85.3 Å². The van der Waals surface area contributed by atoms with E-state index in [1.54, 1.807) is 101 Å². The molecule has 4 aromatic rings. The molecule has 3 heterocycles. The number of nitrogens with zero attached hydrogens (tertiary/aromatic N) is 5. The summed E-state index contributed by atoms with van der Waals surface area (Å²) in [5.74, 6) is -5.33. The number of unbranched alkanes of at least 4 members (excludes halogenated alkanes) is 2. The van der Waals surface area contributed by atoms with Crippen LogP contribution < -0.4 is 26.6 Å². The number of benzene rings is 3. The first-order valence-electron chi connectivity index (χ1n) is 31.6. The van der Waals surface area contributed by atoms with Crippen LogP contribution in [0.15, 0.2) is 90.4 Å². The summed E-state index contributed by atoms with van der Waals surface area (Å²) in [5, 5.41) is 17.4. The number of aromatic nitrogens is 1. The maximum Gasteiger partial charge on any atom is 0.410 e. The predicted octanol–water partition coefficient (Wildman–Crippen LogP) is 6.86. The van der Waals surface area contributed by atoms with Crippen LogP contribution >= 0.6 is 11.3 Å². The Hall–Kier alpha value is -8.13. The molecule has 3 aromatic carbocycles. The van der Waals surface area contributed by atoms with Gasteiger partial charge in [0.25, 0.3) is 11.8 Å². The van der Waals surface area contributed by atoms with Crippen LogP contribution in [0.25, 0.3) is 0 Å². The molecule has 0 radical (unpaired) electrons. The summed E-state index contributed by atoms with van der Waals surface area (Å²) < 4.78 is 17.7. The molecule has 0 bridgehead atoms. The minimum absolute atomic E-state index is 0.0570. The van der Waals surface area contributed by atoms with E-state index in [0.717, 1.165) is 15.6 Å². The fourth-order valence-corrected chi connectivity index (χ4v) is 12.4. The van der Waals surface area contributed by atoms with E-state index in [-0.39, 0.29) is 79.3 Å².